The molecule has 0 atom stereocenters. The summed E-state index contributed by atoms with van der Waals surface area (Å²) < 4.78 is 5.01. The third kappa shape index (κ3) is 4.97. The smallest absolute Gasteiger partial charge is 0.373 e. The molecule has 0 heterocycles. The summed E-state index contributed by atoms with van der Waals surface area (Å²) in [6.45, 7) is 13.9. The van der Waals surface area contributed by atoms with Crippen LogP contribution in [0.5, 0.6) is 0 Å². The first-order valence-electron chi connectivity index (χ1n) is 6.72. The zero-order valence-corrected chi connectivity index (χ0v) is 13.5. The summed E-state index contributed by atoms with van der Waals surface area (Å²) in [4.78, 5) is 21.1. The van der Waals surface area contributed by atoms with Gasteiger partial charge >= 0.3 is 5.97 Å². The van der Waals surface area contributed by atoms with E-state index in [1.165, 1.54) is 6.61 Å². The van der Waals surface area contributed by atoms with Crippen LogP contribution in [0.3, 0.4) is 0 Å². The molecule has 1 aromatic carbocycles. The highest BCUT2D eigenvalue weighted by Crippen LogP contribution is 2.08. The van der Waals surface area contributed by atoms with Gasteiger partial charge in [0.1, 0.15) is 8.07 Å². The van der Waals surface area contributed by atoms with Gasteiger partial charge in [-0.25, -0.2) is 4.79 Å². The molecule has 1 rings (SSSR count). The van der Waals surface area contributed by atoms with Crippen LogP contribution in [0.2, 0.25) is 6.55 Å². The molecule has 0 N–H and O–H groups in total. The SMILES string of the molecule is C=C[Si](C)(C=C)c1ccc(C(=O)OO[CH]COCC)cc1. The molecule has 0 aliphatic heterocycles. The Morgan fingerprint density at radius 2 is 1.86 bits per heavy atom. The number of hydrogen-bond acceptors (Lipinski definition) is 4. The molecule has 113 valence electrons. The van der Waals surface area contributed by atoms with Crippen LogP contribution in [0, 0.1) is 6.61 Å². The molecule has 0 spiro atoms. The summed E-state index contributed by atoms with van der Waals surface area (Å²) in [6.07, 6.45) is 0. The second-order valence-electron chi connectivity index (χ2n) is 4.56. The van der Waals surface area contributed by atoms with E-state index >= 15 is 0 Å². The monoisotopic (exact) mass is 305 g/mol. The zero-order chi connectivity index (χ0) is 15.7. The van der Waals surface area contributed by atoms with Crippen molar-refractivity contribution >= 4 is 19.2 Å². The van der Waals surface area contributed by atoms with Crippen molar-refractivity contribution in [3.8, 4) is 0 Å². The number of rotatable bonds is 9. The molecular weight excluding hydrogens is 284 g/mol. The van der Waals surface area contributed by atoms with Gasteiger partial charge in [-0.2, -0.15) is 4.89 Å². The second kappa shape index (κ2) is 8.56. The normalized spacial score (nSPS) is 11.0. The quantitative estimate of drug-likeness (QED) is 0.304. The van der Waals surface area contributed by atoms with Crippen molar-refractivity contribution in [2.45, 2.75) is 13.5 Å². The predicted molar refractivity (Wildman–Crippen MR) is 85.4 cm³/mol. The van der Waals surface area contributed by atoms with E-state index in [1.54, 1.807) is 12.1 Å². The van der Waals surface area contributed by atoms with Crippen LogP contribution in [0.15, 0.2) is 48.8 Å². The number of ether oxygens (including phenoxy) is 1. The molecule has 21 heavy (non-hydrogen) atoms. The molecule has 0 aliphatic carbocycles. The lowest BCUT2D eigenvalue weighted by Crippen LogP contribution is -2.40. The van der Waals surface area contributed by atoms with Crippen molar-refractivity contribution in [1.29, 1.82) is 0 Å². The second-order valence-corrected chi connectivity index (χ2v) is 8.52. The van der Waals surface area contributed by atoms with Crippen molar-refractivity contribution in [1.82, 2.24) is 0 Å². The minimum Gasteiger partial charge on any atom is -0.379 e. The molecule has 1 radical (unpaired) electrons. The first-order chi connectivity index (χ1) is 10.1. The van der Waals surface area contributed by atoms with Crippen molar-refractivity contribution in [2.75, 3.05) is 13.2 Å². The lowest BCUT2D eigenvalue weighted by atomic mass is 10.2. The number of benzene rings is 1. The fraction of sp³-hybridized carbons (Fsp3) is 0.250. The number of hydrogen-bond donors (Lipinski definition) is 0. The molecule has 0 unspecified atom stereocenters. The summed E-state index contributed by atoms with van der Waals surface area (Å²) in [5.74, 6) is -0.546. The van der Waals surface area contributed by atoms with Crippen molar-refractivity contribution in [3.05, 3.63) is 61.0 Å². The fourth-order valence-corrected chi connectivity index (χ4v) is 3.13. The highest BCUT2D eigenvalue weighted by atomic mass is 28.3. The summed E-state index contributed by atoms with van der Waals surface area (Å²) in [5.41, 5.74) is 4.31. The van der Waals surface area contributed by atoms with Crippen LogP contribution in [0.4, 0.5) is 0 Å². The summed E-state index contributed by atoms with van der Waals surface area (Å²) in [5, 5.41) is 1.13. The maximum absolute atomic E-state index is 11.7. The van der Waals surface area contributed by atoms with Crippen LogP contribution < -0.4 is 5.19 Å². The molecule has 4 nitrogen and oxygen atoms in total. The van der Waals surface area contributed by atoms with Crippen molar-refractivity contribution in [3.63, 3.8) is 0 Å². The Balaban J connectivity index is 2.59. The maximum Gasteiger partial charge on any atom is 0.373 e. The van der Waals surface area contributed by atoms with Crippen molar-refractivity contribution in [2.24, 2.45) is 0 Å². The van der Waals surface area contributed by atoms with Gasteiger partial charge in [0.15, 0.2) is 6.61 Å². The maximum atomic E-state index is 11.7. The van der Waals surface area contributed by atoms with E-state index in [-0.39, 0.29) is 6.61 Å². The lowest BCUT2D eigenvalue weighted by molar-refractivity contribution is -0.218. The van der Waals surface area contributed by atoms with E-state index in [1.807, 2.05) is 30.5 Å². The van der Waals surface area contributed by atoms with Gasteiger partial charge in [0.2, 0.25) is 0 Å². The van der Waals surface area contributed by atoms with Gasteiger partial charge in [0, 0.05) is 6.61 Å². The molecule has 0 fully saturated rings. The molecular formula is C16H21O4Si. The van der Waals surface area contributed by atoms with Gasteiger partial charge in [0.05, 0.1) is 12.2 Å². The zero-order valence-electron chi connectivity index (χ0n) is 12.5. The van der Waals surface area contributed by atoms with Crippen LogP contribution in [-0.4, -0.2) is 27.3 Å². The van der Waals surface area contributed by atoms with Crippen molar-refractivity contribution < 1.29 is 19.3 Å². The Morgan fingerprint density at radius 1 is 1.24 bits per heavy atom. The van der Waals surface area contributed by atoms with Gasteiger partial charge in [-0.1, -0.05) is 35.3 Å². The third-order valence-corrected chi connectivity index (χ3v) is 6.45. The first kappa shape index (κ1) is 17.4. The van der Waals surface area contributed by atoms with E-state index in [9.17, 15) is 4.79 Å². The largest absolute Gasteiger partial charge is 0.379 e. The molecule has 5 heteroatoms. The highest BCUT2D eigenvalue weighted by molar-refractivity contribution is 6.98. The van der Waals surface area contributed by atoms with Crippen LogP contribution in [-0.2, 0) is 14.5 Å². The molecule has 0 aliphatic rings. The average Bonchev–Trinajstić information content (AvgIpc) is 2.54. The molecule has 0 bridgehead atoms. The van der Waals surface area contributed by atoms with Gasteiger partial charge in [-0.3, -0.25) is 4.89 Å². The van der Waals surface area contributed by atoms with Gasteiger partial charge in [-0.05, 0) is 19.1 Å². The molecule has 0 saturated carbocycles. The Labute approximate surface area is 127 Å². The lowest BCUT2D eigenvalue weighted by Gasteiger charge is -2.18. The molecule has 0 aromatic heterocycles. The molecule has 0 saturated heterocycles. The summed E-state index contributed by atoms with van der Waals surface area (Å²) in [6, 6.07) is 7.22. The van der Waals surface area contributed by atoms with E-state index in [0.717, 1.165) is 5.19 Å². The van der Waals surface area contributed by atoms with E-state index in [0.29, 0.717) is 12.2 Å². The standard InChI is InChI=1S/C16H21O4Si/c1-5-18-12-13-19-20-16(17)14-8-10-15(11-9-14)21(4,6-2)7-3/h6-11,13H,2-3,5,12H2,1,4H3. The van der Waals surface area contributed by atoms with Gasteiger partial charge in [-0.15, -0.1) is 13.2 Å². The Morgan fingerprint density at radius 3 is 2.38 bits per heavy atom. The topological polar surface area (TPSA) is 44.8 Å². The minimum absolute atomic E-state index is 0.269. The van der Waals surface area contributed by atoms with Crippen LogP contribution >= 0.6 is 0 Å². The molecule has 0 amide bonds. The Kier molecular flexibility index (Phi) is 7.08. The average molecular weight is 305 g/mol. The minimum atomic E-state index is -1.85. The van der Waals surface area contributed by atoms with Crippen LogP contribution in [0.1, 0.15) is 17.3 Å². The number of carbonyl (C=O) groups excluding carboxylic acids is 1. The van der Waals surface area contributed by atoms with E-state index < -0.39 is 14.0 Å². The highest BCUT2D eigenvalue weighted by Gasteiger charge is 2.22. The fourth-order valence-electron chi connectivity index (χ4n) is 1.60. The third-order valence-electron chi connectivity index (χ3n) is 3.17. The Hall–Kier alpha value is -1.69. The molecule has 1 aromatic rings. The first-order valence-corrected chi connectivity index (χ1v) is 9.37. The van der Waals surface area contributed by atoms with Gasteiger partial charge in [0.25, 0.3) is 0 Å². The Bertz CT molecular complexity index is 474. The predicted octanol–water partition coefficient (Wildman–Crippen LogP) is 2.71. The summed E-state index contributed by atoms with van der Waals surface area (Å²) in [7, 11) is -1.85. The number of carbonyl (C=O) groups is 1. The van der Waals surface area contributed by atoms with E-state index in [2.05, 4.69) is 29.5 Å². The van der Waals surface area contributed by atoms with E-state index in [4.69, 9.17) is 4.74 Å². The van der Waals surface area contributed by atoms with Crippen LogP contribution in [0.25, 0.3) is 0 Å². The summed E-state index contributed by atoms with van der Waals surface area (Å²) >= 11 is 0. The van der Waals surface area contributed by atoms with Gasteiger partial charge < -0.3 is 4.74 Å².